The SMILES string of the molecule is Cc1c[c]cnc1N1CCOCC1. The zero-order valence-electron chi connectivity index (χ0n) is 7.79. The third-order valence-electron chi connectivity index (χ3n) is 2.22. The van der Waals surface area contributed by atoms with Crippen molar-refractivity contribution >= 4 is 5.82 Å². The van der Waals surface area contributed by atoms with E-state index in [1.165, 1.54) is 5.56 Å². The maximum absolute atomic E-state index is 5.28. The van der Waals surface area contributed by atoms with Gasteiger partial charge < -0.3 is 9.64 Å². The van der Waals surface area contributed by atoms with Crippen molar-refractivity contribution < 1.29 is 4.74 Å². The molecule has 69 valence electrons. The second kappa shape index (κ2) is 3.75. The average molecular weight is 177 g/mol. The summed E-state index contributed by atoms with van der Waals surface area (Å²) in [5.74, 6) is 1.07. The molecule has 0 amide bonds. The summed E-state index contributed by atoms with van der Waals surface area (Å²) in [5.41, 5.74) is 1.18. The molecule has 2 rings (SSSR count). The van der Waals surface area contributed by atoms with E-state index in [4.69, 9.17) is 4.74 Å². The van der Waals surface area contributed by atoms with Crippen molar-refractivity contribution in [3.05, 3.63) is 23.9 Å². The molecule has 0 atom stereocenters. The van der Waals surface area contributed by atoms with E-state index < -0.39 is 0 Å². The van der Waals surface area contributed by atoms with Gasteiger partial charge in [0.15, 0.2) is 0 Å². The van der Waals surface area contributed by atoms with Crippen molar-refractivity contribution in [2.24, 2.45) is 0 Å². The van der Waals surface area contributed by atoms with Gasteiger partial charge in [0.1, 0.15) is 5.82 Å². The normalized spacial score (nSPS) is 17.5. The molecule has 3 heteroatoms. The summed E-state index contributed by atoms with van der Waals surface area (Å²) in [4.78, 5) is 6.57. The molecule has 0 saturated carbocycles. The number of hydrogen-bond donors (Lipinski definition) is 0. The van der Waals surface area contributed by atoms with Crippen LogP contribution in [0.1, 0.15) is 5.56 Å². The fraction of sp³-hybridized carbons (Fsp3) is 0.500. The first-order valence-corrected chi connectivity index (χ1v) is 4.53. The molecule has 0 N–H and O–H groups in total. The summed E-state index contributed by atoms with van der Waals surface area (Å²) in [5, 5.41) is 0. The molecule has 0 aliphatic carbocycles. The van der Waals surface area contributed by atoms with Gasteiger partial charge in [-0.3, -0.25) is 0 Å². The highest BCUT2D eigenvalue weighted by Gasteiger charge is 2.13. The first kappa shape index (κ1) is 8.51. The number of nitrogens with zero attached hydrogens (tertiary/aromatic N) is 2. The summed E-state index contributed by atoms with van der Waals surface area (Å²) in [6, 6.07) is 4.94. The molecule has 0 unspecified atom stereocenters. The quantitative estimate of drug-likeness (QED) is 0.640. The third kappa shape index (κ3) is 1.80. The lowest BCUT2D eigenvalue weighted by Gasteiger charge is -2.28. The van der Waals surface area contributed by atoms with Gasteiger partial charge in [0.25, 0.3) is 0 Å². The highest BCUT2D eigenvalue weighted by atomic mass is 16.5. The number of morpholine rings is 1. The predicted octanol–water partition coefficient (Wildman–Crippen LogP) is 1.03. The third-order valence-corrected chi connectivity index (χ3v) is 2.22. The van der Waals surface area contributed by atoms with Crippen LogP contribution >= 0.6 is 0 Å². The Morgan fingerprint density at radius 2 is 2.23 bits per heavy atom. The Labute approximate surface area is 78.3 Å². The van der Waals surface area contributed by atoms with Gasteiger partial charge in [0.05, 0.1) is 13.2 Å². The number of ether oxygens (including phenoxy) is 1. The highest BCUT2D eigenvalue weighted by Crippen LogP contribution is 2.16. The van der Waals surface area contributed by atoms with Gasteiger partial charge in [-0.05, 0) is 18.6 Å². The molecule has 1 radical (unpaired) electrons. The van der Waals surface area contributed by atoms with Crippen LogP contribution in [0.3, 0.4) is 0 Å². The van der Waals surface area contributed by atoms with Crippen LogP contribution < -0.4 is 4.90 Å². The summed E-state index contributed by atoms with van der Waals surface area (Å²) < 4.78 is 5.28. The second-order valence-corrected chi connectivity index (χ2v) is 3.18. The van der Waals surface area contributed by atoms with Gasteiger partial charge in [-0.15, -0.1) is 0 Å². The molecule has 3 nitrogen and oxygen atoms in total. The Kier molecular flexibility index (Phi) is 2.45. The van der Waals surface area contributed by atoms with Gasteiger partial charge in [0, 0.05) is 25.4 Å². The summed E-state index contributed by atoms with van der Waals surface area (Å²) in [6.07, 6.45) is 1.72. The molecule has 1 aliphatic heterocycles. The van der Waals surface area contributed by atoms with Crippen molar-refractivity contribution in [3.8, 4) is 0 Å². The van der Waals surface area contributed by atoms with E-state index in [0.29, 0.717) is 0 Å². The Balaban J connectivity index is 2.18. The van der Waals surface area contributed by atoms with Gasteiger partial charge in [0.2, 0.25) is 0 Å². The highest BCUT2D eigenvalue weighted by molar-refractivity contribution is 5.45. The van der Waals surface area contributed by atoms with Crippen LogP contribution in [0.15, 0.2) is 12.3 Å². The van der Waals surface area contributed by atoms with Crippen molar-refractivity contribution in [2.75, 3.05) is 31.2 Å². The topological polar surface area (TPSA) is 25.4 Å². The molecular formula is C10H13N2O. The molecule has 2 heterocycles. The minimum atomic E-state index is 0.805. The number of aromatic nitrogens is 1. The maximum Gasteiger partial charge on any atom is 0.131 e. The average Bonchev–Trinajstić information content (AvgIpc) is 2.20. The number of rotatable bonds is 1. The smallest absolute Gasteiger partial charge is 0.131 e. The Morgan fingerprint density at radius 3 is 2.92 bits per heavy atom. The lowest BCUT2D eigenvalue weighted by molar-refractivity contribution is 0.122. The minimum absolute atomic E-state index is 0.805. The zero-order chi connectivity index (χ0) is 9.10. The van der Waals surface area contributed by atoms with Crippen molar-refractivity contribution in [1.29, 1.82) is 0 Å². The van der Waals surface area contributed by atoms with E-state index in [0.717, 1.165) is 32.1 Å². The standard InChI is InChI=1S/C10H13N2O/c1-9-3-2-4-11-10(9)12-5-7-13-8-6-12/h3-4H,5-8H2,1H3. The van der Waals surface area contributed by atoms with Gasteiger partial charge in [-0.2, -0.15) is 0 Å². The molecule has 0 aromatic carbocycles. The van der Waals surface area contributed by atoms with E-state index in [1.54, 1.807) is 6.20 Å². The molecule has 1 aromatic heterocycles. The van der Waals surface area contributed by atoms with Crippen LogP contribution in [-0.2, 0) is 4.74 Å². The van der Waals surface area contributed by atoms with E-state index in [-0.39, 0.29) is 0 Å². The fourth-order valence-electron chi connectivity index (χ4n) is 1.53. The van der Waals surface area contributed by atoms with Crippen LogP contribution in [-0.4, -0.2) is 31.3 Å². The van der Waals surface area contributed by atoms with Gasteiger partial charge in [-0.1, -0.05) is 0 Å². The Bertz CT molecular complexity index is 282. The second-order valence-electron chi connectivity index (χ2n) is 3.18. The summed E-state index contributed by atoms with van der Waals surface area (Å²) in [6.45, 7) is 5.56. The van der Waals surface area contributed by atoms with Crippen LogP contribution in [0, 0.1) is 13.0 Å². The molecule has 13 heavy (non-hydrogen) atoms. The lowest BCUT2D eigenvalue weighted by atomic mass is 10.2. The molecule has 1 aliphatic rings. The van der Waals surface area contributed by atoms with E-state index in [9.17, 15) is 0 Å². The number of pyridine rings is 1. The number of anilines is 1. The first-order valence-electron chi connectivity index (χ1n) is 4.53. The lowest BCUT2D eigenvalue weighted by Crippen LogP contribution is -2.37. The summed E-state index contributed by atoms with van der Waals surface area (Å²) >= 11 is 0. The maximum atomic E-state index is 5.28. The van der Waals surface area contributed by atoms with E-state index in [2.05, 4.69) is 22.9 Å². The van der Waals surface area contributed by atoms with Crippen molar-refractivity contribution in [3.63, 3.8) is 0 Å². The van der Waals surface area contributed by atoms with Crippen LogP contribution in [0.4, 0.5) is 5.82 Å². The van der Waals surface area contributed by atoms with Crippen LogP contribution in [0.5, 0.6) is 0 Å². The number of hydrogen-bond acceptors (Lipinski definition) is 3. The molecule has 0 spiro atoms. The van der Waals surface area contributed by atoms with E-state index >= 15 is 0 Å². The monoisotopic (exact) mass is 177 g/mol. The van der Waals surface area contributed by atoms with Crippen molar-refractivity contribution in [2.45, 2.75) is 6.92 Å². The Morgan fingerprint density at radius 1 is 1.46 bits per heavy atom. The zero-order valence-corrected chi connectivity index (χ0v) is 7.79. The molecule has 1 saturated heterocycles. The van der Waals surface area contributed by atoms with Gasteiger partial charge >= 0.3 is 0 Å². The molecular weight excluding hydrogens is 164 g/mol. The fourth-order valence-corrected chi connectivity index (χ4v) is 1.53. The van der Waals surface area contributed by atoms with Gasteiger partial charge in [-0.25, -0.2) is 4.98 Å². The van der Waals surface area contributed by atoms with Crippen LogP contribution in [0.2, 0.25) is 0 Å². The summed E-state index contributed by atoms with van der Waals surface area (Å²) in [7, 11) is 0. The van der Waals surface area contributed by atoms with Crippen LogP contribution in [0.25, 0.3) is 0 Å². The minimum Gasteiger partial charge on any atom is -0.378 e. The van der Waals surface area contributed by atoms with E-state index in [1.807, 2.05) is 6.07 Å². The predicted molar refractivity (Wildman–Crippen MR) is 50.8 cm³/mol. The molecule has 0 bridgehead atoms. The van der Waals surface area contributed by atoms with Crippen molar-refractivity contribution in [1.82, 2.24) is 4.98 Å². The largest absolute Gasteiger partial charge is 0.378 e. The molecule has 1 fully saturated rings. The first-order chi connectivity index (χ1) is 6.38. The Hall–Kier alpha value is -1.09. The molecule has 1 aromatic rings. The number of aryl methyl sites for hydroxylation is 1.